The molecule has 0 aliphatic heterocycles. The Bertz CT molecular complexity index is 1750. The molecule has 2 heterocycles. The van der Waals surface area contributed by atoms with Gasteiger partial charge in [0.1, 0.15) is 40.5 Å². The molecule has 0 radical (unpaired) electrons. The number of rotatable bonds is 9. The standard InChI is InChI=1S/C30H26N2O8/c1-37-19-9-7-17(8-10-19)22-15-40-26-13-20(12-25(33)28(26)29(22)35)39-16-27(34)32-24(30(36)38-2)11-18-14-31-23-6-4-3-5-21(18)23/h3-10,12-15,24,31,33H,11,16H2,1-2H3,(H,32,34)/t24-/m1/s1. The minimum atomic E-state index is -0.945. The van der Waals surface area contributed by atoms with E-state index in [2.05, 4.69) is 10.3 Å². The predicted octanol–water partition coefficient (Wildman–Crippen LogP) is 3.93. The molecule has 1 atom stereocenters. The van der Waals surface area contributed by atoms with E-state index in [1.807, 2.05) is 24.3 Å². The molecule has 1 amide bonds. The number of hydrogen-bond acceptors (Lipinski definition) is 8. The van der Waals surface area contributed by atoms with E-state index in [9.17, 15) is 19.5 Å². The highest BCUT2D eigenvalue weighted by atomic mass is 16.5. The average Bonchev–Trinajstić information content (AvgIpc) is 3.38. The zero-order chi connectivity index (χ0) is 28.2. The summed E-state index contributed by atoms with van der Waals surface area (Å²) in [6, 6.07) is 16.2. The minimum Gasteiger partial charge on any atom is -0.507 e. The zero-order valence-corrected chi connectivity index (χ0v) is 21.7. The van der Waals surface area contributed by atoms with Crippen molar-refractivity contribution in [1.82, 2.24) is 10.3 Å². The molecule has 0 bridgehead atoms. The lowest BCUT2D eigenvalue weighted by molar-refractivity contribution is -0.145. The molecule has 0 saturated carbocycles. The Morgan fingerprint density at radius 2 is 1.82 bits per heavy atom. The van der Waals surface area contributed by atoms with Crippen LogP contribution in [0, 0.1) is 0 Å². The summed E-state index contributed by atoms with van der Waals surface area (Å²) in [5.41, 5.74) is 2.28. The normalized spacial score (nSPS) is 11.8. The Morgan fingerprint density at radius 1 is 1.05 bits per heavy atom. The minimum absolute atomic E-state index is 0.0189. The number of methoxy groups -OCH3 is 2. The van der Waals surface area contributed by atoms with Gasteiger partial charge in [-0.1, -0.05) is 30.3 Å². The van der Waals surface area contributed by atoms with Crippen LogP contribution in [-0.2, 0) is 20.7 Å². The largest absolute Gasteiger partial charge is 0.507 e. The molecule has 10 nitrogen and oxygen atoms in total. The summed E-state index contributed by atoms with van der Waals surface area (Å²) in [4.78, 5) is 41.3. The lowest BCUT2D eigenvalue weighted by atomic mass is 10.0. The van der Waals surface area contributed by atoms with Gasteiger partial charge >= 0.3 is 5.97 Å². The van der Waals surface area contributed by atoms with Gasteiger partial charge in [0.2, 0.25) is 5.43 Å². The van der Waals surface area contributed by atoms with Crippen LogP contribution in [0.3, 0.4) is 0 Å². The molecule has 40 heavy (non-hydrogen) atoms. The average molecular weight is 543 g/mol. The van der Waals surface area contributed by atoms with Gasteiger partial charge in [0.15, 0.2) is 6.61 Å². The maximum absolute atomic E-state index is 13.1. The van der Waals surface area contributed by atoms with E-state index >= 15 is 0 Å². The van der Waals surface area contributed by atoms with Crippen LogP contribution in [0.15, 0.2) is 82.3 Å². The quantitative estimate of drug-likeness (QED) is 0.238. The Morgan fingerprint density at radius 3 is 2.58 bits per heavy atom. The molecule has 5 rings (SSSR count). The molecule has 2 aromatic heterocycles. The molecule has 0 aliphatic carbocycles. The zero-order valence-electron chi connectivity index (χ0n) is 21.7. The third kappa shape index (κ3) is 5.32. The van der Waals surface area contributed by atoms with Crippen molar-refractivity contribution < 1.29 is 33.3 Å². The number of aromatic nitrogens is 1. The molecular weight excluding hydrogens is 516 g/mol. The number of carbonyl (C=O) groups is 2. The van der Waals surface area contributed by atoms with Crippen LogP contribution >= 0.6 is 0 Å². The van der Waals surface area contributed by atoms with Crippen LogP contribution in [0.5, 0.6) is 17.2 Å². The molecule has 0 aliphatic rings. The van der Waals surface area contributed by atoms with E-state index < -0.39 is 30.0 Å². The fourth-order valence-corrected chi connectivity index (χ4v) is 4.50. The lowest BCUT2D eigenvalue weighted by Gasteiger charge is -2.16. The van der Waals surface area contributed by atoms with Gasteiger partial charge in [-0.15, -0.1) is 0 Å². The van der Waals surface area contributed by atoms with Crippen molar-refractivity contribution in [2.45, 2.75) is 12.5 Å². The highest BCUT2D eigenvalue weighted by Crippen LogP contribution is 2.31. The van der Waals surface area contributed by atoms with Crippen molar-refractivity contribution >= 4 is 33.7 Å². The first kappa shape index (κ1) is 26.4. The van der Waals surface area contributed by atoms with Crippen LogP contribution in [-0.4, -0.2) is 48.8 Å². The van der Waals surface area contributed by atoms with Gasteiger partial charge in [-0.05, 0) is 29.3 Å². The number of hydrogen-bond donors (Lipinski definition) is 3. The number of amides is 1. The maximum atomic E-state index is 13.1. The number of ether oxygens (including phenoxy) is 3. The second kappa shape index (κ2) is 11.2. The van der Waals surface area contributed by atoms with Gasteiger partial charge in [0, 0.05) is 35.7 Å². The summed E-state index contributed by atoms with van der Waals surface area (Å²) >= 11 is 0. The SMILES string of the molecule is COC(=O)[C@@H](Cc1c[nH]c2ccccc12)NC(=O)COc1cc(O)c2c(=O)c(-c3ccc(OC)cc3)coc2c1. The number of nitrogens with one attached hydrogen (secondary N) is 2. The number of benzene rings is 3. The fraction of sp³-hybridized carbons (Fsp3) is 0.167. The second-order valence-corrected chi connectivity index (χ2v) is 9.02. The number of phenolic OH excluding ortho intramolecular Hbond substituents is 1. The number of aromatic amines is 1. The van der Waals surface area contributed by atoms with Gasteiger partial charge in [0.25, 0.3) is 5.91 Å². The number of H-pyrrole nitrogens is 1. The van der Waals surface area contributed by atoms with Crippen molar-refractivity contribution in [1.29, 1.82) is 0 Å². The highest BCUT2D eigenvalue weighted by Gasteiger charge is 2.24. The smallest absolute Gasteiger partial charge is 0.328 e. The Labute approximate surface area is 228 Å². The summed E-state index contributed by atoms with van der Waals surface area (Å²) in [6.07, 6.45) is 3.30. The maximum Gasteiger partial charge on any atom is 0.328 e. The first-order valence-corrected chi connectivity index (χ1v) is 12.4. The van der Waals surface area contributed by atoms with Gasteiger partial charge in [0.05, 0.1) is 19.8 Å². The van der Waals surface area contributed by atoms with Crippen molar-refractivity contribution in [2.75, 3.05) is 20.8 Å². The van der Waals surface area contributed by atoms with E-state index in [1.54, 1.807) is 37.6 Å². The van der Waals surface area contributed by atoms with Gasteiger partial charge < -0.3 is 34.0 Å². The molecular formula is C30H26N2O8. The molecule has 0 fully saturated rings. The number of fused-ring (bicyclic) bond motifs is 2. The molecule has 3 N–H and O–H groups in total. The summed E-state index contributed by atoms with van der Waals surface area (Å²) in [7, 11) is 2.79. The molecule has 0 unspecified atom stereocenters. The second-order valence-electron chi connectivity index (χ2n) is 9.02. The van der Waals surface area contributed by atoms with E-state index in [0.717, 1.165) is 16.5 Å². The lowest BCUT2D eigenvalue weighted by Crippen LogP contribution is -2.44. The number of esters is 1. The Kier molecular flexibility index (Phi) is 7.41. The van der Waals surface area contributed by atoms with Crippen molar-refractivity contribution in [2.24, 2.45) is 0 Å². The fourth-order valence-electron chi connectivity index (χ4n) is 4.50. The van der Waals surface area contributed by atoms with Gasteiger partial charge in [-0.3, -0.25) is 9.59 Å². The van der Waals surface area contributed by atoms with E-state index in [-0.39, 0.29) is 34.5 Å². The summed E-state index contributed by atoms with van der Waals surface area (Å²) in [6.45, 7) is -0.458. The third-order valence-electron chi connectivity index (χ3n) is 6.52. The van der Waals surface area contributed by atoms with Crippen LogP contribution in [0.1, 0.15) is 5.56 Å². The summed E-state index contributed by atoms with van der Waals surface area (Å²) in [5.74, 6) is -0.795. The van der Waals surface area contributed by atoms with Crippen molar-refractivity contribution in [3.8, 4) is 28.4 Å². The number of phenols is 1. The molecule has 0 spiro atoms. The predicted molar refractivity (Wildman–Crippen MR) is 148 cm³/mol. The third-order valence-corrected chi connectivity index (χ3v) is 6.52. The topological polar surface area (TPSA) is 140 Å². The highest BCUT2D eigenvalue weighted by molar-refractivity contribution is 5.89. The molecule has 10 heteroatoms. The number of carbonyl (C=O) groups excluding carboxylic acids is 2. The van der Waals surface area contributed by atoms with E-state index in [1.165, 1.54) is 25.5 Å². The van der Waals surface area contributed by atoms with E-state index in [0.29, 0.717) is 11.3 Å². The number of para-hydroxylation sites is 1. The number of aromatic hydroxyl groups is 1. The van der Waals surface area contributed by atoms with Crippen LogP contribution < -0.4 is 20.2 Å². The van der Waals surface area contributed by atoms with Crippen molar-refractivity contribution in [3.05, 3.63) is 88.9 Å². The Hall–Kier alpha value is -5.25. The van der Waals surface area contributed by atoms with Gasteiger partial charge in [-0.2, -0.15) is 0 Å². The van der Waals surface area contributed by atoms with Gasteiger partial charge in [-0.25, -0.2) is 4.79 Å². The van der Waals surface area contributed by atoms with Crippen molar-refractivity contribution in [3.63, 3.8) is 0 Å². The van der Waals surface area contributed by atoms with Crippen LogP contribution in [0.2, 0.25) is 0 Å². The molecule has 204 valence electrons. The monoisotopic (exact) mass is 542 g/mol. The summed E-state index contributed by atoms with van der Waals surface area (Å²) in [5, 5.41) is 14.2. The Balaban J connectivity index is 1.30. The molecule has 5 aromatic rings. The van der Waals surface area contributed by atoms with Crippen LogP contribution in [0.4, 0.5) is 0 Å². The molecule has 3 aromatic carbocycles. The first-order chi connectivity index (χ1) is 19.4. The van der Waals surface area contributed by atoms with Crippen LogP contribution in [0.25, 0.3) is 33.0 Å². The summed E-state index contributed by atoms with van der Waals surface area (Å²) < 4.78 is 21.2. The molecule has 0 saturated heterocycles. The first-order valence-electron chi connectivity index (χ1n) is 12.4. The van der Waals surface area contributed by atoms with E-state index in [4.69, 9.17) is 18.6 Å².